The van der Waals surface area contributed by atoms with Crippen LogP contribution in [0.15, 0.2) is 12.1 Å². The average molecular weight is 224 g/mol. The van der Waals surface area contributed by atoms with Crippen LogP contribution in [0.2, 0.25) is 0 Å². The maximum absolute atomic E-state index is 5.84. The third-order valence-corrected chi connectivity index (χ3v) is 3.16. The zero-order valence-electron chi connectivity index (χ0n) is 9.12. The molecule has 1 heterocycles. The van der Waals surface area contributed by atoms with Crippen molar-refractivity contribution in [2.24, 2.45) is 0 Å². The van der Waals surface area contributed by atoms with E-state index in [1.807, 2.05) is 12.1 Å². The maximum atomic E-state index is 5.84. The van der Waals surface area contributed by atoms with Crippen LogP contribution in [0.3, 0.4) is 0 Å². The molecule has 1 atom stereocenters. The van der Waals surface area contributed by atoms with E-state index in [0.29, 0.717) is 6.61 Å². The minimum atomic E-state index is 0.164. The molecule has 82 valence electrons. The monoisotopic (exact) mass is 224 g/mol. The Morgan fingerprint density at radius 3 is 2.60 bits per heavy atom. The number of aryl methyl sites for hydroxylation is 2. The molecule has 0 amide bonds. The topological polar surface area (TPSA) is 18.5 Å². The zero-order chi connectivity index (χ0) is 10.8. The van der Waals surface area contributed by atoms with Crippen molar-refractivity contribution in [1.29, 1.82) is 0 Å². The molecule has 0 radical (unpaired) electrons. The summed E-state index contributed by atoms with van der Waals surface area (Å²) < 4.78 is 11.5. The standard InChI is InChI=1S/C12H16O2S/c1-8-5-11-12(6-9(8)2)14-10(7-15)3-4-13-11/h5-6,10,15H,3-4,7H2,1-2H3. The van der Waals surface area contributed by atoms with Crippen LogP contribution < -0.4 is 9.47 Å². The summed E-state index contributed by atoms with van der Waals surface area (Å²) in [7, 11) is 0. The highest BCUT2D eigenvalue weighted by Crippen LogP contribution is 2.33. The van der Waals surface area contributed by atoms with Gasteiger partial charge in [0.05, 0.1) is 6.61 Å². The normalized spacial score (nSPS) is 19.8. The van der Waals surface area contributed by atoms with Gasteiger partial charge in [0, 0.05) is 12.2 Å². The third kappa shape index (κ3) is 2.23. The largest absolute Gasteiger partial charge is 0.490 e. The van der Waals surface area contributed by atoms with Crippen LogP contribution in [0.5, 0.6) is 11.5 Å². The fraction of sp³-hybridized carbons (Fsp3) is 0.500. The molecule has 1 aliphatic rings. The van der Waals surface area contributed by atoms with Crippen LogP contribution in [-0.2, 0) is 0 Å². The maximum Gasteiger partial charge on any atom is 0.161 e. The van der Waals surface area contributed by atoms with Gasteiger partial charge < -0.3 is 9.47 Å². The van der Waals surface area contributed by atoms with Crippen molar-refractivity contribution in [3.05, 3.63) is 23.3 Å². The van der Waals surface area contributed by atoms with E-state index in [1.165, 1.54) is 11.1 Å². The van der Waals surface area contributed by atoms with E-state index in [0.717, 1.165) is 23.7 Å². The molecule has 2 rings (SSSR count). The quantitative estimate of drug-likeness (QED) is 0.739. The predicted molar refractivity (Wildman–Crippen MR) is 64.3 cm³/mol. The van der Waals surface area contributed by atoms with Gasteiger partial charge in [-0.25, -0.2) is 0 Å². The Morgan fingerprint density at radius 2 is 1.93 bits per heavy atom. The average Bonchev–Trinajstić information content (AvgIpc) is 2.41. The summed E-state index contributed by atoms with van der Waals surface area (Å²) >= 11 is 4.27. The number of thiol groups is 1. The molecule has 1 aliphatic heterocycles. The van der Waals surface area contributed by atoms with Gasteiger partial charge in [0.25, 0.3) is 0 Å². The smallest absolute Gasteiger partial charge is 0.161 e. The number of ether oxygens (including phenoxy) is 2. The number of hydrogen-bond acceptors (Lipinski definition) is 3. The van der Waals surface area contributed by atoms with Crippen molar-refractivity contribution in [3.63, 3.8) is 0 Å². The zero-order valence-corrected chi connectivity index (χ0v) is 10.0. The molecule has 1 unspecified atom stereocenters. The summed E-state index contributed by atoms with van der Waals surface area (Å²) in [6.07, 6.45) is 1.06. The van der Waals surface area contributed by atoms with Crippen molar-refractivity contribution in [2.75, 3.05) is 12.4 Å². The first-order valence-electron chi connectivity index (χ1n) is 5.22. The molecule has 15 heavy (non-hydrogen) atoms. The van der Waals surface area contributed by atoms with Gasteiger partial charge in [-0.3, -0.25) is 0 Å². The molecular formula is C12H16O2S. The van der Waals surface area contributed by atoms with E-state index in [4.69, 9.17) is 9.47 Å². The fourth-order valence-corrected chi connectivity index (χ4v) is 1.89. The van der Waals surface area contributed by atoms with E-state index in [1.54, 1.807) is 0 Å². The molecule has 0 fully saturated rings. The lowest BCUT2D eigenvalue weighted by molar-refractivity contribution is 0.215. The second-order valence-corrected chi connectivity index (χ2v) is 4.31. The van der Waals surface area contributed by atoms with Gasteiger partial charge in [-0.15, -0.1) is 0 Å². The van der Waals surface area contributed by atoms with E-state index >= 15 is 0 Å². The highest BCUT2D eigenvalue weighted by atomic mass is 32.1. The molecule has 0 saturated carbocycles. The molecule has 0 aromatic heterocycles. The fourth-order valence-electron chi connectivity index (χ4n) is 1.64. The predicted octanol–water partition coefficient (Wildman–Crippen LogP) is 2.76. The Bertz CT molecular complexity index is 363. The lowest BCUT2D eigenvalue weighted by atomic mass is 10.1. The van der Waals surface area contributed by atoms with Crippen molar-refractivity contribution in [3.8, 4) is 11.5 Å². The van der Waals surface area contributed by atoms with Gasteiger partial charge in [0.2, 0.25) is 0 Å². The summed E-state index contributed by atoms with van der Waals surface area (Å²) in [5.41, 5.74) is 2.47. The second kappa shape index (κ2) is 4.35. The highest BCUT2D eigenvalue weighted by molar-refractivity contribution is 7.80. The van der Waals surface area contributed by atoms with Gasteiger partial charge in [-0.05, 0) is 37.1 Å². The lowest BCUT2D eigenvalue weighted by Crippen LogP contribution is -2.18. The van der Waals surface area contributed by atoms with Gasteiger partial charge in [-0.1, -0.05) is 0 Å². The summed E-state index contributed by atoms with van der Waals surface area (Å²) in [5, 5.41) is 0. The number of fused-ring (bicyclic) bond motifs is 1. The van der Waals surface area contributed by atoms with Crippen LogP contribution in [-0.4, -0.2) is 18.5 Å². The molecule has 0 spiro atoms. The van der Waals surface area contributed by atoms with Crippen LogP contribution >= 0.6 is 12.6 Å². The molecule has 0 saturated heterocycles. The van der Waals surface area contributed by atoms with Crippen molar-refractivity contribution in [1.82, 2.24) is 0 Å². The summed E-state index contributed by atoms with van der Waals surface area (Å²) in [4.78, 5) is 0. The minimum Gasteiger partial charge on any atom is -0.490 e. The van der Waals surface area contributed by atoms with E-state index in [2.05, 4.69) is 26.5 Å². The Kier molecular flexibility index (Phi) is 3.10. The number of rotatable bonds is 1. The Morgan fingerprint density at radius 1 is 1.27 bits per heavy atom. The molecule has 0 N–H and O–H groups in total. The van der Waals surface area contributed by atoms with Crippen LogP contribution in [0.1, 0.15) is 17.5 Å². The molecule has 3 heteroatoms. The molecule has 2 nitrogen and oxygen atoms in total. The summed E-state index contributed by atoms with van der Waals surface area (Å²) in [6.45, 7) is 4.88. The lowest BCUT2D eigenvalue weighted by Gasteiger charge is -2.14. The molecular weight excluding hydrogens is 208 g/mol. The first kappa shape index (κ1) is 10.7. The number of benzene rings is 1. The molecule has 0 aliphatic carbocycles. The Labute approximate surface area is 96.0 Å². The third-order valence-electron chi connectivity index (χ3n) is 2.75. The SMILES string of the molecule is Cc1cc2c(cc1C)OC(CS)CCO2. The van der Waals surface area contributed by atoms with Gasteiger partial charge in [0.1, 0.15) is 6.10 Å². The van der Waals surface area contributed by atoms with Crippen molar-refractivity contribution in [2.45, 2.75) is 26.4 Å². The second-order valence-electron chi connectivity index (χ2n) is 3.94. The Hall–Kier alpha value is -0.830. The van der Waals surface area contributed by atoms with E-state index < -0.39 is 0 Å². The molecule has 1 aromatic carbocycles. The summed E-state index contributed by atoms with van der Waals surface area (Å²) in [5.74, 6) is 2.45. The minimum absolute atomic E-state index is 0.164. The van der Waals surface area contributed by atoms with Crippen LogP contribution in [0.4, 0.5) is 0 Å². The van der Waals surface area contributed by atoms with Crippen molar-refractivity contribution < 1.29 is 9.47 Å². The first-order valence-corrected chi connectivity index (χ1v) is 5.85. The van der Waals surface area contributed by atoms with Gasteiger partial charge in [0.15, 0.2) is 11.5 Å². The van der Waals surface area contributed by atoms with E-state index in [-0.39, 0.29) is 6.10 Å². The van der Waals surface area contributed by atoms with Crippen LogP contribution in [0, 0.1) is 13.8 Å². The first-order chi connectivity index (χ1) is 7.20. The number of hydrogen-bond donors (Lipinski definition) is 1. The van der Waals surface area contributed by atoms with Crippen molar-refractivity contribution >= 4 is 12.6 Å². The van der Waals surface area contributed by atoms with E-state index in [9.17, 15) is 0 Å². The summed E-state index contributed by atoms with van der Waals surface area (Å²) in [6, 6.07) is 4.10. The van der Waals surface area contributed by atoms with Gasteiger partial charge in [-0.2, -0.15) is 12.6 Å². The Balaban J connectivity index is 2.34. The van der Waals surface area contributed by atoms with Crippen LogP contribution in [0.25, 0.3) is 0 Å². The molecule has 0 bridgehead atoms. The highest BCUT2D eigenvalue weighted by Gasteiger charge is 2.18. The van der Waals surface area contributed by atoms with Gasteiger partial charge >= 0.3 is 0 Å². The molecule has 1 aromatic rings.